The zero-order chi connectivity index (χ0) is 20.9. The van der Waals surface area contributed by atoms with Gasteiger partial charge in [0.05, 0.1) is 12.5 Å². The number of ketones is 1. The van der Waals surface area contributed by atoms with E-state index >= 15 is 0 Å². The molecule has 7 nitrogen and oxygen atoms in total. The molecule has 0 fully saturated rings. The predicted octanol–water partition coefficient (Wildman–Crippen LogP) is 4.51. The summed E-state index contributed by atoms with van der Waals surface area (Å²) in [5, 5.41) is 0. The van der Waals surface area contributed by atoms with Crippen LogP contribution >= 0.6 is 0 Å². The van der Waals surface area contributed by atoms with Crippen molar-refractivity contribution < 1.29 is 23.2 Å². The van der Waals surface area contributed by atoms with Crippen LogP contribution in [0.15, 0.2) is 94.2 Å². The van der Waals surface area contributed by atoms with Crippen LogP contribution in [0.25, 0.3) is 33.3 Å². The summed E-state index contributed by atoms with van der Waals surface area (Å²) in [6, 6.07) is 21.7. The highest BCUT2D eigenvalue weighted by Gasteiger charge is 2.41. The Hall–Kier alpha value is -4.57. The highest BCUT2D eigenvalue weighted by atomic mass is 16.3. The standard InChI is InChI=1S/C23H14N4O3/c24-26-19(22-17(11-13-29-22)15-7-3-1-4-8-15)21(28)20(27-25)23-18(12-14-30-23)16-9-5-2-6-10-16/h1-14H. The fourth-order valence-corrected chi connectivity index (χ4v) is 3.18. The number of furan rings is 2. The molecule has 2 aromatic carbocycles. The van der Waals surface area contributed by atoms with Crippen molar-refractivity contribution in [3.8, 4) is 22.3 Å². The quantitative estimate of drug-likeness (QED) is 0.272. The maximum atomic E-state index is 13.2. The molecule has 0 unspecified atom stereocenters. The fourth-order valence-electron chi connectivity index (χ4n) is 3.18. The number of carbonyl (C=O) groups excluding carboxylic acids is 1. The van der Waals surface area contributed by atoms with Gasteiger partial charge in [-0.25, -0.2) is 0 Å². The van der Waals surface area contributed by atoms with Gasteiger partial charge in [0.25, 0.3) is 0 Å². The van der Waals surface area contributed by atoms with Crippen LogP contribution in [0.2, 0.25) is 0 Å². The van der Waals surface area contributed by atoms with E-state index in [-0.39, 0.29) is 11.5 Å². The third kappa shape index (κ3) is 3.34. The predicted molar refractivity (Wildman–Crippen MR) is 109 cm³/mol. The van der Waals surface area contributed by atoms with Crippen LogP contribution in [0.4, 0.5) is 0 Å². The third-order valence-electron chi connectivity index (χ3n) is 4.56. The molecule has 7 heteroatoms. The van der Waals surface area contributed by atoms with E-state index in [0.717, 1.165) is 11.1 Å². The summed E-state index contributed by atoms with van der Waals surface area (Å²) in [6.45, 7) is 0. The Balaban J connectivity index is 1.77. The molecule has 0 bridgehead atoms. The molecule has 0 amide bonds. The highest BCUT2D eigenvalue weighted by molar-refractivity contribution is 6.70. The van der Waals surface area contributed by atoms with Gasteiger partial charge in [0.15, 0.2) is 0 Å². The Morgan fingerprint density at radius 2 is 1.03 bits per heavy atom. The Bertz CT molecular complexity index is 1210. The van der Waals surface area contributed by atoms with Gasteiger partial charge in [0.2, 0.25) is 11.5 Å². The lowest BCUT2D eigenvalue weighted by molar-refractivity contribution is -0.115. The molecule has 0 aliphatic heterocycles. The average molecular weight is 394 g/mol. The maximum absolute atomic E-state index is 13.2. The topological polar surface area (TPSA) is 116 Å². The molecule has 4 aromatic rings. The van der Waals surface area contributed by atoms with Crippen LogP contribution in [0.1, 0.15) is 11.5 Å². The van der Waals surface area contributed by atoms with Crippen molar-refractivity contribution >= 4 is 17.2 Å². The van der Waals surface area contributed by atoms with Crippen LogP contribution in [0, 0.1) is 0 Å². The van der Waals surface area contributed by atoms with E-state index in [1.807, 2.05) is 60.7 Å². The molecule has 0 N–H and O–H groups in total. The van der Waals surface area contributed by atoms with Crippen LogP contribution < -0.4 is 0 Å². The number of Topliss-reactive ketones (excluding diaryl/α,β-unsaturated/α-hetero) is 1. The smallest absolute Gasteiger partial charge is 0.413 e. The van der Waals surface area contributed by atoms with Crippen molar-refractivity contribution in [1.82, 2.24) is 0 Å². The Morgan fingerprint density at radius 3 is 1.40 bits per heavy atom. The Kier molecular flexibility index (Phi) is 5.14. The van der Waals surface area contributed by atoms with Gasteiger partial charge in [-0.2, -0.15) is 9.58 Å². The number of benzene rings is 2. The van der Waals surface area contributed by atoms with E-state index in [0.29, 0.717) is 11.1 Å². The van der Waals surface area contributed by atoms with E-state index < -0.39 is 17.2 Å². The maximum Gasteiger partial charge on any atom is 0.413 e. The van der Waals surface area contributed by atoms with E-state index in [4.69, 9.17) is 8.83 Å². The second kappa shape index (κ2) is 8.20. The summed E-state index contributed by atoms with van der Waals surface area (Å²) >= 11 is 0. The Morgan fingerprint density at radius 1 is 0.633 bits per heavy atom. The molecule has 0 saturated heterocycles. The lowest BCUT2D eigenvalue weighted by Gasteiger charge is -2.00. The lowest BCUT2D eigenvalue weighted by Crippen LogP contribution is -2.27. The van der Waals surface area contributed by atoms with Crippen molar-refractivity contribution in [3.63, 3.8) is 0 Å². The SMILES string of the molecule is [N-]=[N+]=C(C(=O)C(=[N+]=[N-])c1occc1-c1ccccc1)c1occc1-c1ccccc1. The molecule has 0 aliphatic rings. The van der Waals surface area contributed by atoms with E-state index in [2.05, 4.69) is 9.58 Å². The number of rotatable bonds is 6. The van der Waals surface area contributed by atoms with Crippen molar-refractivity contribution in [1.29, 1.82) is 0 Å². The van der Waals surface area contributed by atoms with Gasteiger partial charge in [-0.05, 0) is 23.3 Å². The summed E-state index contributed by atoms with van der Waals surface area (Å²) < 4.78 is 10.9. The number of hydrogen-bond donors (Lipinski definition) is 0. The number of hydrogen-bond acceptors (Lipinski definition) is 3. The second-order valence-corrected chi connectivity index (χ2v) is 6.29. The van der Waals surface area contributed by atoms with E-state index in [1.165, 1.54) is 12.5 Å². The first-order valence-corrected chi connectivity index (χ1v) is 9.00. The molecule has 0 aliphatic carbocycles. The summed E-state index contributed by atoms with van der Waals surface area (Å²) in [5.74, 6) is -0.774. The van der Waals surface area contributed by atoms with E-state index in [9.17, 15) is 15.9 Å². The fraction of sp³-hybridized carbons (Fsp3) is 0. The van der Waals surface area contributed by atoms with Crippen LogP contribution in [-0.2, 0) is 4.79 Å². The first kappa shape index (κ1) is 18.8. The van der Waals surface area contributed by atoms with Crippen LogP contribution in [0.5, 0.6) is 0 Å². The van der Waals surface area contributed by atoms with Crippen molar-refractivity contribution in [2.75, 3.05) is 0 Å². The van der Waals surface area contributed by atoms with Gasteiger partial charge in [-0.15, -0.1) is 0 Å². The van der Waals surface area contributed by atoms with Gasteiger partial charge in [0.1, 0.15) is 0 Å². The normalized spacial score (nSPS) is 10.1. The molecule has 0 saturated carbocycles. The Labute approximate surface area is 171 Å². The molecule has 0 spiro atoms. The average Bonchev–Trinajstić information content (AvgIpc) is 3.47. The molecule has 30 heavy (non-hydrogen) atoms. The van der Waals surface area contributed by atoms with E-state index in [1.54, 1.807) is 12.1 Å². The monoisotopic (exact) mass is 394 g/mol. The zero-order valence-corrected chi connectivity index (χ0v) is 15.6. The van der Waals surface area contributed by atoms with Crippen molar-refractivity contribution in [3.05, 3.63) is 108 Å². The molecule has 0 atom stereocenters. The zero-order valence-electron chi connectivity index (χ0n) is 15.6. The van der Waals surface area contributed by atoms with Crippen molar-refractivity contribution in [2.45, 2.75) is 0 Å². The molecule has 2 aromatic heterocycles. The number of nitrogens with zero attached hydrogens (tertiary/aromatic N) is 4. The first-order valence-electron chi connectivity index (χ1n) is 9.00. The highest BCUT2D eigenvalue weighted by Crippen LogP contribution is 2.28. The van der Waals surface area contributed by atoms with Crippen LogP contribution in [-0.4, -0.2) is 26.8 Å². The molecule has 2 heterocycles. The minimum Gasteiger partial charge on any atom is -0.456 e. The minimum absolute atomic E-state index is 0.0441. The van der Waals surface area contributed by atoms with Crippen LogP contribution in [0.3, 0.4) is 0 Å². The molecular formula is C23H14N4O3. The summed E-state index contributed by atoms with van der Waals surface area (Å²) in [4.78, 5) is 19.4. The summed E-state index contributed by atoms with van der Waals surface area (Å²) in [5.41, 5.74) is 21.0. The number of carbonyl (C=O) groups is 1. The second-order valence-electron chi connectivity index (χ2n) is 6.29. The molecule has 144 valence electrons. The molecule has 0 radical (unpaired) electrons. The van der Waals surface area contributed by atoms with Gasteiger partial charge in [0, 0.05) is 11.1 Å². The lowest BCUT2D eigenvalue weighted by atomic mass is 9.97. The first-order chi connectivity index (χ1) is 14.7. The molecular weight excluding hydrogens is 380 g/mol. The van der Waals surface area contributed by atoms with Gasteiger partial charge < -0.3 is 19.9 Å². The van der Waals surface area contributed by atoms with Gasteiger partial charge in [-0.1, -0.05) is 60.7 Å². The minimum atomic E-state index is -0.862. The summed E-state index contributed by atoms with van der Waals surface area (Å²) in [6.07, 6.45) is 2.77. The van der Waals surface area contributed by atoms with Gasteiger partial charge in [-0.3, -0.25) is 4.79 Å². The largest absolute Gasteiger partial charge is 0.456 e. The van der Waals surface area contributed by atoms with Crippen molar-refractivity contribution in [2.24, 2.45) is 0 Å². The summed E-state index contributed by atoms with van der Waals surface area (Å²) in [7, 11) is 0. The van der Waals surface area contributed by atoms with Gasteiger partial charge >= 0.3 is 17.2 Å². The third-order valence-corrected chi connectivity index (χ3v) is 4.56. The molecule has 4 rings (SSSR count).